The standard InChI is InChI=1S/C13H18O2.C12H15NO.C6H15N.C2H7N.CH4N2/c1-3-10-5-8-13(15)9-11(10)6-7-12(14)4-2;1-9-6-5-7-12(8-9)10(2)13-11(3)14-4;1-3-5-6-7-4-2;1-3-2;2-1-3/h5,8-9,15H,3-4,6-7H2,1-2H3;5-8H,2H2,1,3-4H3;7H,3-6H2,1-2H3;3H,1-2H3;1H,(H3,2,3). The van der Waals surface area contributed by atoms with Gasteiger partial charge in [0.25, 0.3) is 0 Å². The van der Waals surface area contributed by atoms with E-state index in [0.29, 0.717) is 18.7 Å². The lowest BCUT2D eigenvalue weighted by Crippen LogP contribution is -2.13. The minimum Gasteiger partial charge on any atom is -0.508 e. The highest BCUT2D eigenvalue weighted by molar-refractivity contribution is 5.81. The fraction of sp³-hybridized carbons (Fsp3) is 0.500. The highest BCUT2D eigenvalue weighted by Crippen LogP contribution is 2.19. The van der Waals surface area contributed by atoms with Crippen molar-refractivity contribution >= 4 is 23.7 Å². The molecule has 2 aromatic carbocycles. The van der Waals surface area contributed by atoms with Crippen molar-refractivity contribution in [3.63, 3.8) is 0 Å². The summed E-state index contributed by atoms with van der Waals surface area (Å²) in [5.41, 5.74) is 9.67. The van der Waals surface area contributed by atoms with Crippen LogP contribution in [0.1, 0.15) is 82.6 Å². The monoisotopic (exact) mass is 585 g/mol. The van der Waals surface area contributed by atoms with Gasteiger partial charge in [-0.15, -0.1) is 0 Å². The number of hydrogen-bond acceptors (Lipinski definition) is 7. The first kappa shape index (κ1) is 43.0. The Hall–Kier alpha value is -3.49. The van der Waals surface area contributed by atoms with E-state index < -0.39 is 0 Å². The van der Waals surface area contributed by atoms with Gasteiger partial charge in [-0.05, 0) is 88.3 Å². The van der Waals surface area contributed by atoms with E-state index in [1.165, 1.54) is 30.5 Å². The summed E-state index contributed by atoms with van der Waals surface area (Å²) in [6.07, 6.45) is 6.22. The van der Waals surface area contributed by atoms with Crippen LogP contribution in [0.2, 0.25) is 0 Å². The van der Waals surface area contributed by atoms with Crippen molar-refractivity contribution < 1.29 is 14.6 Å². The van der Waals surface area contributed by atoms with Gasteiger partial charge in [0, 0.05) is 19.8 Å². The average Bonchev–Trinajstić information content (AvgIpc) is 2.97. The lowest BCUT2D eigenvalue weighted by molar-refractivity contribution is -0.118. The topological polar surface area (TPSA) is 133 Å². The number of aryl methyl sites for hydroxylation is 3. The average molecular weight is 586 g/mol. The molecule has 42 heavy (non-hydrogen) atoms. The predicted molar refractivity (Wildman–Crippen MR) is 183 cm³/mol. The van der Waals surface area contributed by atoms with Crippen molar-refractivity contribution in [1.82, 2.24) is 10.6 Å². The number of phenols is 1. The van der Waals surface area contributed by atoms with Crippen LogP contribution >= 0.6 is 0 Å². The van der Waals surface area contributed by atoms with E-state index >= 15 is 0 Å². The molecule has 6 N–H and O–H groups in total. The Morgan fingerprint density at radius 3 is 2.21 bits per heavy atom. The van der Waals surface area contributed by atoms with E-state index in [4.69, 9.17) is 10.1 Å². The second-order valence-electron chi connectivity index (χ2n) is 9.22. The third-order valence-corrected chi connectivity index (χ3v) is 5.53. The molecule has 0 amide bonds. The number of nitrogens with zero attached hydrogens (tertiary/aromatic N) is 1. The number of nitrogens with one attached hydrogen (secondary N) is 3. The molecule has 0 fully saturated rings. The first-order valence-electron chi connectivity index (χ1n) is 14.7. The Labute approximate surface area is 256 Å². The molecule has 8 nitrogen and oxygen atoms in total. The molecule has 0 aliphatic carbocycles. The molecule has 0 saturated heterocycles. The summed E-state index contributed by atoms with van der Waals surface area (Å²) in [4.78, 5) is 15.4. The quantitative estimate of drug-likeness (QED) is 0.113. The Bertz CT molecular complexity index is 1000. The maximum Gasteiger partial charge on any atom is 0.184 e. The van der Waals surface area contributed by atoms with E-state index in [-0.39, 0.29) is 11.5 Å². The lowest BCUT2D eigenvalue weighted by atomic mass is 9.99. The predicted octanol–water partition coefficient (Wildman–Crippen LogP) is 6.68. The number of phenolic OH excluding ortho intramolecular Hbond substituents is 1. The summed E-state index contributed by atoms with van der Waals surface area (Å²) in [5, 5.41) is 21.2. The molecule has 0 aromatic heterocycles. The van der Waals surface area contributed by atoms with E-state index in [0.717, 1.165) is 42.5 Å². The number of hydrogen-bond donors (Lipinski definition) is 5. The number of rotatable bonds is 11. The number of carbonyl (C=O) groups excluding carboxylic acids is 1. The molecule has 0 aliphatic rings. The van der Waals surface area contributed by atoms with Crippen LogP contribution in [0.25, 0.3) is 5.70 Å². The second kappa shape index (κ2) is 30.5. The van der Waals surface area contributed by atoms with Gasteiger partial charge >= 0.3 is 0 Å². The van der Waals surface area contributed by atoms with Crippen LogP contribution in [-0.4, -0.2) is 57.4 Å². The van der Waals surface area contributed by atoms with Crippen LogP contribution in [-0.2, 0) is 22.4 Å². The third kappa shape index (κ3) is 25.5. The van der Waals surface area contributed by atoms with E-state index in [9.17, 15) is 9.90 Å². The molecule has 0 heterocycles. The van der Waals surface area contributed by atoms with Crippen LogP contribution in [0.5, 0.6) is 5.75 Å². The number of methoxy groups -OCH3 is 1. The SMILES string of the molecule is C=C(N=C(C)OC)c1cccc(C)c1.CCC(=O)CCc1cc(O)ccc1CC.CCCCNCC.CNC.N=CN. The van der Waals surface area contributed by atoms with Gasteiger partial charge in [-0.1, -0.05) is 70.5 Å². The number of ether oxygens (including phenoxy) is 1. The van der Waals surface area contributed by atoms with Crippen molar-refractivity contribution in [2.45, 2.75) is 80.1 Å². The molecular weight excluding hydrogens is 526 g/mol. The fourth-order valence-electron chi connectivity index (χ4n) is 3.24. The zero-order chi connectivity index (χ0) is 32.8. The highest BCUT2D eigenvalue weighted by Gasteiger charge is 2.05. The van der Waals surface area contributed by atoms with Gasteiger partial charge in [0.1, 0.15) is 11.5 Å². The molecule has 2 rings (SSSR count). The van der Waals surface area contributed by atoms with Crippen LogP contribution < -0.4 is 16.4 Å². The van der Waals surface area contributed by atoms with Gasteiger partial charge in [-0.25, -0.2) is 4.99 Å². The molecule has 0 unspecified atom stereocenters. The number of ketones is 1. The van der Waals surface area contributed by atoms with Crippen molar-refractivity contribution in [2.24, 2.45) is 10.7 Å². The van der Waals surface area contributed by atoms with Crippen LogP contribution in [0.4, 0.5) is 0 Å². The van der Waals surface area contributed by atoms with Crippen LogP contribution in [0.15, 0.2) is 54.0 Å². The molecular formula is C34H59N5O3. The Kier molecular flexibility index (Phi) is 31.2. The number of carbonyl (C=O) groups is 1. The largest absolute Gasteiger partial charge is 0.508 e. The molecule has 0 radical (unpaired) electrons. The molecule has 0 spiro atoms. The molecule has 0 aliphatic heterocycles. The summed E-state index contributed by atoms with van der Waals surface area (Å²) < 4.78 is 4.96. The van der Waals surface area contributed by atoms with Gasteiger partial charge in [-0.3, -0.25) is 10.2 Å². The Morgan fingerprint density at radius 2 is 1.74 bits per heavy atom. The lowest BCUT2D eigenvalue weighted by Gasteiger charge is -2.07. The summed E-state index contributed by atoms with van der Waals surface area (Å²) in [7, 11) is 5.35. The minimum absolute atomic E-state index is 0.278. The van der Waals surface area contributed by atoms with Gasteiger partial charge in [-0.2, -0.15) is 0 Å². The van der Waals surface area contributed by atoms with E-state index in [1.54, 1.807) is 26.2 Å². The number of unbranched alkanes of at least 4 members (excludes halogenated alkanes) is 1. The highest BCUT2D eigenvalue weighted by atomic mass is 16.5. The fourth-order valence-corrected chi connectivity index (χ4v) is 3.24. The number of aliphatic imine (C=N–C) groups is 1. The number of benzene rings is 2. The molecule has 2 aromatic rings. The zero-order valence-electron chi connectivity index (χ0n) is 27.8. The van der Waals surface area contributed by atoms with Crippen molar-refractivity contribution in [3.8, 4) is 5.75 Å². The smallest absolute Gasteiger partial charge is 0.184 e. The van der Waals surface area contributed by atoms with E-state index in [1.807, 2.05) is 52.2 Å². The van der Waals surface area contributed by atoms with Crippen molar-refractivity contribution in [1.29, 1.82) is 5.41 Å². The van der Waals surface area contributed by atoms with Crippen LogP contribution in [0, 0.1) is 12.3 Å². The number of nitrogens with two attached hydrogens (primary N) is 1. The maximum absolute atomic E-state index is 11.2. The van der Waals surface area contributed by atoms with Gasteiger partial charge in [0.2, 0.25) is 0 Å². The summed E-state index contributed by atoms with van der Waals surface area (Å²) >= 11 is 0. The van der Waals surface area contributed by atoms with Crippen molar-refractivity contribution in [2.75, 3.05) is 34.3 Å². The Morgan fingerprint density at radius 1 is 1.12 bits per heavy atom. The molecule has 238 valence electrons. The molecule has 8 heteroatoms. The first-order valence-corrected chi connectivity index (χ1v) is 14.7. The number of Topliss-reactive ketones (excluding diaryl/α,β-unsaturated/α-hetero) is 1. The maximum atomic E-state index is 11.2. The normalized spacial score (nSPS) is 9.69. The summed E-state index contributed by atoms with van der Waals surface area (Å²) in [6.45, 7) is 18.3. The summed E-state index contributed by atoms with van der Waals surface area (Å²) in [5.74, 6) is 1.18. The van der Waals surface area contributed by atoms with Gasteiger partial charge < -0.3 is 26.2 Å². The van der Waals surface area contributed by atoms with E-state index in [2.05, 4.69) is 54.8 Å². The number of aromatic hydroxyl groups is 1. The minimum atomic E-state index is 0.278. The summed E-state index contributed by atoms with van der Waals surface area (Å²) in [6, 6.07) is 13.5. The zero-order valence-corrected chi connectivity index (χ0v) is 27.8. The van der Waals surface area contributed by atoms with Crippen LogP contribution in [0.3, 0.4) is 0 Å². The molecule has 0 saturated carbocycles. The van der Waals surface area contributed by atoms with Gasteiger partial charge in [0.05, 0.1) is 19.1 Å². The van der Waals surface area contributed by atoms with Crippen molar-refractivity contribution in [3.05, 3.63) is 71.3 Å². The Balaban J connectivity index is -0.000000519. The molecule has 0 bridgehead atoms. The first-order chi connectivity index (χ1) is 20.0. The van der Waals surface area contributed by atoms with Gasteiger partial charge in [0.15, 0.2) is 5.90 Å². The second-order valence-corrected chi connectivity index (χ2v) is 9.22. The third-order valence-electron chi connectivity index (χ3n) is 5.53. The molecule has 0 atom stereocenters.